The molecule has 1 aliphatic rings. The molecule has 1 heterocycles. The van der Waals surface area contributed by atoms with Gasteiger partial charge in [0.1, 0.15) is 11.8 Å². The molecule has 0 aromatic heterocycles. The molecule has 27 heavy (non-hydrogen) atoms. The van der Waals surface area contributed by atoms with Crippen LogP contribution in [0.4, 0.5) is 5.69 Å². The number of halogens is 1. The summed E-state index contributed by atoms with van der Waals surface area (Å²) in [6, 6.07) is 11.0. The Balaban J connectivity index is 1.89. The zero-order valence-corrected chi connectivity index (χ0v) is 16.7. The monoisotopic (exact) mass is 408 g/mol. The van der Waals surface area contributed by atoms with Gasteiger partial charge in [-0.2, -0.15) is 4.31 Å². The Morgan fingerprint density at radius 3 is 2.70 bits per heavy atom. The van der Waals surface area contributed by atoms with Gasteiger partial charge < -0.3 is 10.1 Å². The summed E-state index contributed by atoms with van der Waals surface area (Å²) < 4.78 is 32.9. The van der Waals surface area contributed by atoms with E-state index < -0.39 is 16.1 Å². The summed E-state index contributed by atoms with van der Waals surface area (Å²) in [7, 11) is -2.36. The maximum atomic E-state index is 13.2. The average molecular weight is 409 g/mol. The number of hydrogen-bond acceptors (Lipinski definition) is 4. The molecule has 0 bridgehead atoms. The molecule has 0 spiro atoms. The van der Waals surface area contributed by atoms with E-state index in [4.69, 9.17) is 16.3 Å². The average Bonchev–Trinajstić information content (AvgIpc) is 3.15. The van der Waals surface area contributed by atoms with Crippen molar-refractivity contribution in [2.45, 2.75) is 30.7 Å². The molecule has 1 fully saturated rings. The molecule has 3 rings (SSSR count). The molecule has 144 valence electrons. The number of ether oxygens (including phenoxy) is 1. The third kappa shape index (κ3) is 3.95. The summed E-state index contributed by atoms with van der Waals surface area (Å²) in [4.78, 5) is 12.9. The molecule has 1 amide bonds. The molecule has 1 N–H and O–H groups in total. The largest absolute Gasteiger partial charge is 0.497 e. The quantitative estimate of drug-likeness (QED) is 0.822. The molecule has 2 aromatic carbocycles. The fourth-order valence-electron chi connectivity index (χ4n) is 3.18. The lowest BCUT2D eigenvalue weighted by Crippen LogP contribution is -2.43. The summed E-state index contributed by atoms with van der Waals surface area (Å²) in [5.41, 5.74) is 1.07. The van der Waals surface area contributed by atoms with Gasteiger partial charge in [0.05, 0.1) is 22.7 Å². The van der Waals surface area contributed by atoms with Crippen LogP contribution in [0.25, 0.3) is 0 Å². The van der Waals surface area contributed by atoms with E-state index in [0.29, 0.717) is 41.4 Å². The molecular formula is C19H21ClN2O4S. The number of para-hydroxylation sites is 1. The Morgan fingerprint density at radius 2 is 2.00 bits per heavy atom. The summed E-state index contributed by atoms with van der Waals surface area (Å²) >= 11 is 6.09. The van der Waals surface area contributed by atoms with Gasteiger partial charge in [0, 0.05) is 12.6 Å². The first-order valence-corrected chi connectivity index (χ1v) is 10.4. The number of methoxy groups -OCH3 is 1. The Morgan fingerprint density at radius 1 is 1.26 bits per heavy atom. The Hall–Kier alpha value is -2.09. The number of nitrogens with one attached hydrogen (secondary N) is 1. The highest BCUT2D eigenvalue weighted by atomic mass is 35.5. The van der Waals surface area contributed by atoms with E-state index in [9.17, 15) is 13.2 Å². The van der Waals surface area contributed by atoms with Crippen molar-refractivity contribution in [1.29, 1.82) is 0 Å². The second-order valence-electron chi connectivity index (χ2n) is 6.37. The molecule has 0 radical (unpaired) electrons. The van der Waals surface area contributed by atoms with Gasteiger partial charge in [0.15, 0.2) is 0 Å². The van der Waals surface area contributed by atoms with Gasteiger partial charge in [-0.05, 0) is 43.5 Å². The van der Waals surface area contributed by atoms with E-state index >= 15 is 0 Å². The number of carbonyl (C=O) groups excluding carboxylic acids is 1. The first-order valence-electron chi connectivity index (χ1n) is 8.56. The maximum Gasteiger partial charge on any atom is 0.244 e. The number of carbonyl (C=O) groups is 1. The van der Waals surface area contributed by atoms with Crippen molar-refractivity contribution >= 4 is 33.2 Å². The molecule has 1 unspecified atom stereocenters. The van der Waals surface area contributed by atoms with Crippen LogP contribution in [0, 0.1) is 6.92 Å². The molecule has 8 heteroatoms. The molecular weight excluding hydrogens is 388 g/mol. The van der Waals surface area contributed by atoms with Gasteiger partial charge in [-0.25, -0.2) is 8.42 Å². The number of rotatable bonds is 5. The zero-order valence-electron chi connectivity index (χ0n) is 15.1. The van der Waals surface area contributed by atoms with Gasteiger partial charge in [-0.3, -0.25) is 4.79 Å². The molecule has 1 aliphatic heterocycles. The third-order valence-corrected chi connectivity index (χ3v) is 7.00. The van der Waals surface area contributed by atoms with Crippen LogP contribution in [-0.4, -0.2) is 38.3 Å². The van der Waals surface area contributed by atoms with Crippen molar-refractivity contribution in [3.05, 3.63) is 53.1 Å². The Kier molecular flexibility index (Phi) is 5.74. The van der Waals surface area contributed by atoms with Gasteiger partial charge in [-0.15, -0.1) is 0 Å². The lowest BCUT2D eigenvalue weighted by atomic mass is 10.2. The second kappa shape index (κ2) is 7.88. The van der Waals surface area contributed by atoms with E-state index in [1.165, 1.54) is 17.5 Å². The van der Waals surface area contributed by atoms with Crippen LogP contribution < -0.4 is 10.1 Å². The fraction of sp³-hybridized carbons (Fsp3) is 0.316. The molecule has 1 saturated heterocycles. The number of sulfonamides is 1. The van der Waals surface area contributed by atoms with Crippen molar-refractivity contribution < 1.29 is 17.9 Å². The van der Waals surface area contributed by atoms with Crippen molar-refractivity contribution in [2.24, 2.45) is 0 Å². The van der Waals surface area contributed by atoms with Crippen LogP contribution in [0.1, 0.15) is 18.4 Å². The molecule has 2 aromatic rings. The summed E-state index contributed by atoms with van der Waals surface area (Å²) in [5, 5.41) is 3.15. The highest BCUT2D eigenvalue weighted by molar-refractivity contribution is 7.89. The minimum Gasteiger partial charge on any atom is -0.497 e. The van der Waals surface area contributed by atoms with E-state index in [2.05, 4.69) is 5.32 Å². The number of nitrogens with zero attached hydrogens (tertiary/aromatic N) is 1. The number of hydrogen-bond donors (Lipinski definition) is 1. The van der Waals surface area contributed by atoms with Crippen LogP contribution in [-0.2, 0) is 14.8 Å². The van der Waals surface area contributed by atoms with Crippen LogP contribution >= 0.6 is 11.6 Å². The lowest BCUT2D eigenvalue weighted by Gasteiger charge is -2.24. The molecule has 1 atom stereocenters. The van der Waals surface area contributed by atoms with Crippen LogP contribution in [0.5, 0.6) is 5.75 Å². The maximum absolute atomic E-state index is 13.2. The topological polar surface area (TPSA) is 75.7 Å². The smallest absolute Gasteiger partial charge is 0.244 e. The van der Waals surface area contributed by atoms with Crippen LogP contribution in [0.3, 0.4) is 0 Å². The van der Waals surface area contributed by atoms with Gasteiger partial charge in [0.2, 0.25) is 15.9 Å². The third-order valence-electron chi connectivity index (χ3n) is 4.62. The molecule has 0 saturated carbocycles. The van der Waals surface area contributed by atoms with Crippen LogP contribution in [0.2, 0.25) is 5.02 Å². The van der Waals surface area contributed by atoms with E-state index in [-0.39, 0.29) is 10.8 Å². The van der Waals surface area contributed by atoms with E-state index in [1.807, 2.05) is 0 Å². The van der Waals surface area contributed by atoms with Gasteiger partial charge >= 0.3 is 0 Å². The molecule has 6 nitrogen and oxygen atoms in total. The predicted octanol–water partition coefficient (Wildman–Crippen LogP) is 3.45. The fourth-order valence-corrected chi connectivity index (χ4v) is 5.26. The van der Waals surface area contributed by atoms with Crippen molar-refractivity contribution in [3.63, 3.8) is 0 Å². The van der Waals surface area contributed by atoms with Crippen LogP contribution in [0.15, 0.2) is 47.4 Å². The van der Waals surface area contributed by atoms with Gasteiger partial charge in [-0.1, -0.05) is 29.8 Å². The van der Waals surface area contributed by atoms with Crippen molar-refractivity contribution in [3.8, 4) is 5.75 Å². The lowest BCUT2D eigenvalue weighted by molar-refractivity contribution is -0.119. The van der Waals surface area contributed by atoms with Gasteiger partial charge in [0.25, 0.3) is 0 Å². The second-order valence-corrected chi connectivity index (χ2v) is 8.64. The minimum absolute atomic E-state index is 0.152. The summed E-state index contributed by atoms with van der Waals surface area (Å²) in [5.74, 6) is 0.0696. The number of aryl methyl sites for hydroxylation is 1. The Labute approximate surface area is 164 Å². The first kappa shape index (κ1) is 19.7. The zero-order chi connectivity index (χ0) is 19.6. The highest BCUT2D eigenvalue weighted by Gasteiger charge is 2.40. The summed E-state index contributed by atoms with van der Waals surface area (Å²) in [6.07, 6.45) is 1.07. The highest BCUT2D eigenvalue weighted by Crippen LogP contribution is 2.31. The van der Waals surface area contributed by atoms with Crippen molar-refractivity contribution in [2.75, 3.05) is 19.0 Å². The normalized spacial score (nSPS) is 17.7. The molecule has 0 aliphatic carbocycles. The van der Waals surface area contributed by atoms with E-state index in [0.717, 1.165) is 0 Å². The number of amides is 1. The summed E-state index contributed by atoms with van der Waals surface area (Å²) in [6.45, 7) is 2.01. The first-order chi connectivity index (χ1) is 12.8. The standard InChI is InChI=1S/C19H21ClN2O4S/c1-13-9-10-14(26-2)12-18(13)27(24,25)22-11-5-8-17(22)19(23)21-16-7-4-3-6-15(16)20/h3-4,6-7,9-10,12,17H,5,8,11H2,1-2H3,(H,21,23). The Bertz CT molecular complexity index is 962. The minimum atomic E-state index is -3.84. The van der Waals surface area contributed by atoms with E-state index in [1.54, 1.807) is 43.3 Å². The number of anilines is 1. The predicted molar refractivity (Wildman–Crippen MR) is 105 cm³/mol. The van der Waals surface area contributed by atoms with Crippen molar-refractivity contribution in [1.82, 2.24) is 4.31 Å². The number of benzene rings is 2. The SMILES string of the molecule is COc1ccc(C)c(S(=O)(=O)N2CCCC2C(=O)Nc2ccccc2Cl)c1.